The number of carbonyl (C=O) groups excluding carboxylic acids is 1. The SMILES string of the molecule is CSc1cncc(N2Sc3ccccc3NC2=O)c1. The van der Waals surface area contributed by atoms with Gasteiger partial charge in [0.1, 0.15) is 0 Å². The monoisotopic (exact) mass is 289 g/mol. The molecule has 1 aliphatic heterocycles. The summed E-state index contributed by atoms with van der Waals surface area (Å²) in [6.07, 6.45) is 5.47. The summed E-state index contributed by atoms with van der Waals surface area (Å²) in [7, 11) is 0. The lowest BCUT2D eigenvalue weighted by molar-refractivity contribution is 0.260. The molecule has 0 radical (unpaired) electrons. The molecule has 1 aromatic heterocycles. The minimum absolute atomic E-state index is 0.149. The number of thioether (sulfide) groups is 1. The Morgan fingerprint density at radius 2 is 2.16 bits per heavy atom. The van der Waals surface area contributed by atoms with Gasteiger partial charge in [-0.2, -0.15) is 0 Å². The van der Waals surface area contributed by atoms with Crippen molar-refractivity contribution in [2.24, 2.45) is 0 Å². The fourth-order valence-corrected chi connectivity index (χ4v) is 3.05. The maximum Gasteiger partial charge on any atom is 0.336 e. The predicted octanol–water partition coefficient (Wildman–Crippen LogP) is 3.86. The van der Waals surface area contributed by atoms with Gasteiger partial charge in [0.15, 0.2) is 0 Å². The second kappa shape index (κ2) is 5.14. The Morgan fingerprint density at radius 3 is 3.00 bits per heavy atom. The van der Waals surface area contributed by atoms with Gasteiger partial charge >= 0.3 is 6.03 Å². The van der Waals surface area contributed by atoms with E-state index in [1.165, 1.54) is 11.9 Å². The van der Waals surface area contributed by atoms with E-state index in [0.717, 1.165) is 21.2 Å². The zero-order chi connectivity index (χ0) is 13.2. The fourth-order valence-electron chi connectivity index (χ4n) is 1.76. The number of nitrogens with zero attached hydrogens (tertiary/aromatic N) is 2. The van der Waals surface area contributed by atoms with Gasteiger partial charge in [0.2, 0.25) is 0 Å². The molecule has 0 saturated heterocycles. The molecule has 1 aromatic carbocycles. The summed E-state index contributed by atoms with van der Waals surface area (Å²) in [5, 5.41) is 2.88. The second-order valence-electron chi connectivity index (χ2n) is 3.89. The average molecular weight is 289 g/mol. The van der Waals surface area contributed by atoms with Crippen molar-refractivity contribution in [2.75, 3.05) is 15.9 Å². The van der Waals surface area contributed by atoms with E-state index in [-0.39, 0.29) is 6.03 Å². The van der Waals surface area contributed by atoms with Crippen molar-refractivity contribution in [2.45, 2.75) is 9.79 Å². The predicted molar refractivity (Wildman–Crippen MR) is 79.8 cm³/mol. The summed E-state index contributed by atoms with van der Waals surface area (Å²) in [5.74, 6) is 0. The number of anilines is 2. The van der Waals surface area contributed by atoms with Crippen LogP contribution < -0.4 is 9.62 Å². The third kappa shape index (κ3) is 2.41. The molecule has 6 heteroatoms. The molecule has 0 spiro atoms. The molecule has 0 saturated carbocycles. The Balaban J connectivity index is 1.96. The zero-order valence-electron chi connectivity index (χ0n) is 10.2. The van der Waals surface area contributed by atoms with Gasteiger partial charge in [-0.3, -0.25) is 4.98 Å². The number of rotatable bonds is 2. The van der Waals surface area contributed by atoms with E-state index in [2.05, 4.69) is 10.3 Å². The summed E-state index contributed by atoms with van der Waals surface area (Å²) in [6, 6.07) is 9.55. The van der Waals surface area contributed by atoms with Crippen LogP contribution in [0.3, 0.4) is 0 Å². The van der Waals surface area contributed by atoms with Crippen molar-refractivity contribution in [3.8, 4) is 0 Å². The van der Waals surface area contributed by atoms with E-state index < -0.39 is 0 Å². The van der Waals surface area contributed by atoms with Crippen molar-refractivity contribution in [3.05, 3.63) is 42.7 Å². The topological polar surface area (TPSA) is 45.2 Å². The first-order chi connectivity index (χ1) is 9.28. The molecule has 0 bridgehead atoms. The number of urea groups is 1. The molecule has 1 aliphatic rings. The summed E-state index contributed by atoms with van der Waals surface area (Å²) >= 11 is 3.01. The summed E-state index contributed by atoms with van der Waals surface area (Å²) in [4.78, 5) is 18.3. The van der Waals surface area contributed by atoms with Crippen LogP contribution in [0.1, 0.15) is 0 Å². The lowest BCUT2D eigenvalue weighted by Crippen LogP contribution is -2.32. The first-order valence-electron chi connectivity index (χ1n) is 5.65. The first kappa shape index (κ1) is 12.4. The van der Waals surface area contributed by atoms with Crippen LogP contribution in [-0.2, 0) is 0 Å². The molecule has 2 amide bonds. The molecule has 0 atom stereocenters. The number of fused-ring (bicyclic) bond motifs is 1. The first-order valence-corrected chi connectivity index (χ1v) is 7.65. The molecule has 1 N–H and O–H groups in total. The Hall–Kier alpha value is -1.66. The zero-order valence-corrected chi connectivity index (χ0v) is 11.8. The van der Waals surface area contributed by atoms with Crippen molar-refractivity contribution < 1.29 is 4.79 Å². The van der Waals surface area contributed by atoms with Gasteiger partial charge < -0.3 is 5.32 Å². The van der Waals surface area contributed by atoms with Crippen LogP contribution in [0.25, 0.3) is 0 Å². The normalized spacial score (nSPS) is 13.9. The Labute approximate surface area is 119 Å². The lowest BCUT2D eigenvalue weighted by Gasteiger charge is -2.27. The van der Waals surface area contributed by atoms with Crippen LogP contribution in [0.2, 0.25) is 0 Å². The van der Waals surface area contributed by atoms with Crippen molar-refractivity contribution in [1.29, 1.82) is 0 Å². The highest BCUT2D eigenvalue weighted by atomic mass is 32.2. The molecule has 0 fully saturated rings. The van der Waals surface area contributed by atoms with Gasteiger partial charge in [0.25, 0.3) is 0 Å². The van der Waals surface area contributed by atoms with E-state index in [1.807, 2.05) is 36.6 Å². The number of amides is 2. The average Bonchev–Trinajstić information content (AvgIpc) is 2.46. The molecule has 0 unspecified atom stereocenters. The van der Waals surface area contributed by atoms with E-state index >= 15 is 0 Å². The third-order valence-electron chi connectivity index (χ3n) is 2.67. The molecule has 2 aromatic rings. The van der Waals surface area contributed by atoms with Crippen LogP contribution in [0.4, 0.5) is 16.2 Å². The second-order valence-corrected chi connectivity index (χ2v) is 5.76. The largest absolute Gasteiger partial charge is 0.336 e. The van der Waals surface area contributed by atoms with Gasteiger partial charge in [-0.05, 0) is 36.4 Å². The van der Waals surface area contributed by atoms with Crippen LogP contribution >= 0.6 is 23.7 Å². The van der Waals surface area contributed by atoms with E-state index in [1.54, 1.807) is 28.5 Å². The minimum Gasteiger partial charge on any atom is -0.306 e. The van der Waals surface area contributed by atoms with Crippen molar-refractivity contribution in [3.63, 3.8) is 0 Å². The molecular weight excluding hydrogens is 278 g/mol. The fraction of sp³-hybridized carbons (Fsp3) is 0.0769. The van der Waals surface area contributed by atoms with Crippen molar-refractivity contribution >= 4 is 41.1 Å². The summed E-state index contributed by atoms with van der Waals surface area (Å²) < 4.78 is 1.62. The number of aromatic nitrogens is 1. The number of hydrogen-bond donors (Lipinski definition) is 1. The Bertz CT molecular complexity index is 633. The number of hydrogen-bond acceptors (Lipinski definition) is 4. The minimum atomic E-state index is -0.149. The molecule has 3 rings (SSSR count). The Morgan fingerprint density at radius 1 is 1.32 bits per heavy atom. The van der Waals surface area contributed by atoms with Gasteiger partial charge in [0.05, 0.1) is 22.5 Å². The lowest BCUT2D eigenvalue weighted by atomic mass is 10.3. The number of pyridine rings is 1. The molecule has 19 heavy (non-hydrogen) atoms. The Kier molecular flexibility index (Phi) is 3.35. The number of nitrogens with one attached hydrogen (secondary N) is 1. The van der Waals surface area contributed by atoms with Crippen LogP contribution in [0.15, 0.2) is 52.5 Å². The van der Waals surface area contributed by atoms with Gasteiger partial charge in [-0.1, -0.05) is 12.1 Å². The standard InChI is InChI=1S/C13H11N3OS2/c1-18-10-6-9(7-14-8-10)16-13(17)15-11-4-2-3-5-12(11)19-16/h2-8H,1H3,(H,15,17). The molecular formula is C13H11N3OS2. The number of carbonyl (C=O) groups is 1. The summed E-state index contributed by atoms with van der Waals surface area (Å²) in [6.45, 7) is 0. The van der Waals surface area contributed by atoms with Gasteiger partial charge in [-0.15, -0.1) is 11.8 Å². The highest BCUT2D eigenvalue weighted by molar-refractivity contribution is 8.01. The highest BCUT2D eigenvalue weighted by Crippen LogP contribution is 2.38. The van der Waals surface area contributed by atoms with Crippen LogP contribution in [0.5, 0.6) is 0 Å². The number of benzene rings is 1. The highest BCUT2D eigenvalue weighted by Gasteiger charge is 2.25. The third-order valence-corrected chi connectivity index (χ3v) is 4.48. The van der Waals surface area contributed by atoms with Crippen molar-refractivity contribution in [1.82, 2.24) is 4.98 Å². The molecule has 2 heterocycles. The maximum absolute atomic E-state index is 12.1. The van der Waals surface area contributed by atoms with Gasteiger partial charge in [-0.25, -0.2) is 9.10 Å². The molecule has 96 valence electrons. The van der Waals surface area contributed by atoms with E-state index in [0.29, 0.717) is 0 Å². The van der Waals surface area contributed by atoms with E-state index in [4.69, 9.17) is 0 Å². The maximum atomic E-state index is 12.1. The van der Waals surface area contributed by atoms with Gasteiger partial charge in [0, 0.05) is 11.1 Å². The van der Waals surface area contributed by atoms with Crippen LogP contribution in [0, 0.1) is 0 Å². The smallest absolute Gasteiger partial charge is 0.306 e. The summed E-state index contributed by atoms with van der Waals surface area (Å²) in [5.41, 5.74) is 1.63. The quantitative estimate of drug-likeness (QED) is 0.673. The molecule has 0 aliphatic carbocycles. The van der Waals surface area contributed by atoms with Crippen LogP contribution in [-0.4, -0.2) is 17.3 Å². The molecule has 4 nitrogen and oxygen atoms in total. The van der Waals surface area contributed by atoms with E-state index in [9.17, 15) is 4.79 Å². The number of para-hydroxylation sites is 1.